The van der Waals surface area contributed by atoms with Crippen LogP contribution in [-0.4, -0.2) is 42.5 Å². The maximum Gasteiger partial charge on any atom is 0.322 e. The van der Waals surface area contributed by atoms with Crippen LogP contribution in [0.1, 0.15) is 30.9 Å². The molecular formula is C17H24N4O2. The van der Waals surface area contributed by atoms with E-state index < -0.39 is 0 Å². The van der Waals surface area contributed by atoms with Crippen molar-refractivity contribution in [1.29, 1.82) is 0 Å². The van der Waals surface area contributed by atoms with Gasteiger partial charge in [-0.2, -0.15) is 0 Å². The monoisotopic (exact) mass is 316 g/mol. The second-order valence-electron chi connectivity index (χ2n) is 6.27. The Balaban J connectivity index is 1.76. The van der Waals surface area contributed by atoms with E-state index >= 15 is 0 Å². The number of urea groups is 1. The molecule has 6 nitrogen and oxygen atoms in total. The number of benzene rings is 1. The van der Waals surface area contributed by atoms with E-state index in [2.05, 4.69) is 22.9 Å². The van der Waals surface area contributed by atoms with Gasteiger partial charge in [-0.15, -0.1) is 0 Å². The molecule has 1 saturated heterocycles. The first-order valence-corrected chi connectivity index (χ1v) is 8.30. The summed E-state index contributed by atoms with van der Waals surface area (Å²) in [6.07, 6.45) is 2.16. The van der Waals surface area contributed by atoms with E-state index in [9.17, 15) is 9.59 Å². The molecule has 0 bridgehead atoms. The molecule has 0 spiro atoms. The predicted octanol–water partition coefficient (Wildman–Crippen LogP) is 2.10. The van der Waals surface area contributed by atoms with Crippen LogP contribution in [0.25, 0.3) is 0 Å². The lowest BCUT2D eigenvalue weighted by molar-refractivity contribution is -0.116. The molecule has 124 valence electrons. The Bertz CT molecular complexity index is 629. The number of aryl methyl sites for hydroxylation is 2. The Morgan fingerprint density at radius 2 is 2.22 bits per heavy atom. The molecule has 0 aliphatic carbocycles. The van der Waals surface area contributed by atoms with Gasteiger partial charge in [-0.25, -0.2) is 4.79 Å². The second kappa shape index (κ2) is 6.58. The van der Waals surface area contributed by atoms with Gasteiger partial charge in [0.05, 0.1) is 0 Å². The van der Waals surface area contributed by atoms with Crippen LogP contribution in [0.15, 0.2) is 12.1 Å². The molecule has 0 saturated carbocycles. The quantitative estimate of drug-likeness (QED) is 0.782. The average Bonchev–Trinajstić information content (AvgIpc) is 2.55. The number of hydrogen-bond donors (Lipinski definition) is 3. The Labute approximate surface area is 136 Å². The van der Waals surface area contributed by atoms with Gasteiger partial charge < -0.3 is 20.9 Å². The summed E-state index contributed by atoms with van der Waals surface area (Å²) in [6, 6.07) is 4.09. The minimum Gasteiger partial charge on any atom is -0.326 e. The third kappa shape index (κ3) is 3.32. The van der Waals surface area contributed by atoms with Crippen molar-refractivity contribution in [3.8, 4) is 0 Å². The normalized spacial score (nSPS) is 20.7. The van der Waals surface area contributed by atoms with Gasteiger partial charge in [0.2, 0.25) is 5.91 Å². The summed E-state index contributed by atoms with van der Waals surface area (Å²) < 4.78 is 0. The number of fused-ring (bicyclic) bond motifs is 1. The second-order valence-corrected chi connectivity index (χ2v) is 6.27. The summed E-state index contributed by atoms with van der Waals surface area (Å²) in [5.41, 5.74) is 3.77. The minimum atomic E-state index is -0.0439. The summed E-state index contributed by atoms with van der Waals surface area (Å²) in [6.45, 7) is 6.46. The molecule has 23 heavy (non-hydrogen) atoms. The highest BCUT2D eigenvalue weighted by Gasteiger charge is 2.25. The van der Waals surface area contributed by atoms with Gasteiger partial charge in [-0.1, -0.05) is 6.92 Å². The molecular weight excluding hydrogens is 292 g/mol. The van der Waals surface area contributed by atoms with Crippen LogP contribution in [0.5, 0.6) is 0 Å². The topological polar surface area (TPSA) is 73.5 Å². The average molecular weight is 316 g/mol. The molecule has 2 aliphatic heterocycles. The van der Waals surface area contributed by atoms with Gasteiger partial charge in [0, 0.05) is 43.5 Å². The van der Waals surface area contributed by atoms with Crippen molar-refractivity contribution in [3.05, 3.63) is 23.3 Å². The molecule has 1 atom stereocenters. The zero-order valence-electron chi connectivity index (χ0n) is 13.7. The summed E-state index contributed by atoms with van der Waals surface area (Å²) in [5.74, 6) is 0.0592. The van der Waals surface area contributed by atoms with Crippen LogP contribution in [0.3, 0.4) is 0 Å². The van der Waals surface area contributed by atoms with Crippen molar-refractivity contribution in [1.82, 2.24) is 10.2 Å². The van der Waals surface area contributed by atoms with Crippen LogP contribution >= 0.6 is 0 Å². The standard InChI is InChI=1S/C17H24N4O2/c1-3-14-10-18-6-7-21(14)17(23)19-13-8-11(2)16-12(9-13)4-5-15(22)20-16/h8-9,14,18H,3-7,10H2,1-2H3,(H,19,23)(H,20,22). The van der Waals surface area contributed by atoms with Crippen LogP contribution in [0.4, 0.5) is 16.2 Å². The van der Waals surface area contributed by atoms with Crippen molar-refractivity contribution >= 4 is 23.3 Å². The van der Waals surface area contributed by atoms with Crippen LogP contribution in [0, 0.1) is 6.92 Å². The maximum absolute atomic E-state index is 12.6. The Kier molecular flexibility index (Phi) is 4.52. The molecule has 0 aromatic heterocycles. The SMILES string of the molecule is CCC1CNCCN1C(=O)Nc1cc(C)c2c(c1)CCC(=O)N2. The number of hydrogen-bond acceptors (Lipinski definition) is 3. The summed E-state index contributed by atoms with van der Waals surface area (Å²) >= 11 is 0. The zero-order valence-corrected chi connectivity index (χ0v) is 13.7. The molecule has 3 rings (SSSR count). The first kappa shape index (κ1) is 15.8. The number of carbonyl (C=O) groups excluding carboxylic acids is 2. The fraction of sp³-hybridized carbons (Fsp3) is 0.529. The van der Waals surface area contributed by atoms with Gasteiger partial charge in [0.25, 0.3) is 0 Å². The van der Waals surface area contributed by atoms with E-state index in [1.165, 1.54) is 0 Å². The van der Waals surface area contributed by atoms with Crippen LogP contribution in [0.2, 0.25) is 0 Å². The molecule has 3 N–H and O–H groups in total. The smallest absolute Gasteiger partial charge is 0.322 e. The number of nitrogens with zero attached hydrogens (tertiary/aromatic N) is 1. The first-order valence-electron chi connectivity index (χ1n) is 8.30. The lowest BCUT2D eigenvalue weighted by atomic mass is 9.98. The third-order valence-electron chi connectivity index (χ3n) is 4.64. The highest BCUT2D eigenvalue weighted by molar-refractivity contribution is 5.96. The molecule has 2 aliphatic rings. The molecule has 1 aromatic carbocycles. The van der Waals surface area contributed by atoms with Gasteiger partial charge >= 0.3 is 6.03 Å². The van der Waals surface area contributed by atoms with Gasteiger partial charge in [0.15, 0.2) is 0 Å². The van der Waals surface area contributed by atoms with Gasteiger partial charge in [0.1, 0.15) is 0 Å². The number of piperazine rings is 1. The summed E-state index contributed by atoms with van der Waals surface area (Å²) in [5, 5.41) is 9.27. The Hall–Kier alpha value is -2.08. The number of amides is 3. The maximum atomic E-state index is 12.6. The molecule has 1 aromatic rings. The predicted molar refractivity (Wildman–Crippen MR) is 90.8 cm³/mol. The lowest BCUT2D eigenvalue weighted by Crippen LogP contribution is -2.54. The van der Waals surface area contributed by atoms with E-state index in [0.29, 0.717) is 6.42 Å². The number of rotatable bonds is 2. The highest BCUT2D eigenvalue weighted by atomic mass is 16.2. The van der Waals surface area contributed by atoms with Gasteiger partial charge in [-0.3, -0.25) is 4.79 Å². The summed E-state index contributed by atoms with van der Waals surface area (Å²) in [7, 11) is 0. The number of anilines is 2. The largest absolute Gasteiger partial charge is 0.326 e. The van der Waals surface area contributed by atoms with E-state index in [0.717, 1.165) is 55.0 Å². The lowest BCUT2D eigenvalue weighted by Gasteiger charge is -2.35. The summed E-state index contributed by atoms with van der Waals surface area (Å²) in [4.78, 5) is 26.0. The van der Waals surface area contributed by atoms with E-state index in [4.69, 9.17) is 0 Å². The fourth-order valence-electron chi connectivity index (χ4n) is 3.35. The van der Waals surface area contributed by atoms with Crippen LogP contribution < -0.4 is 16.0 Å². The van der Waals surface area contributed by atoms with Crippen LogP contribution in [-0.2, 0) is 11.2 Å². The van der Waals surface area contributed by atoms with E-state index in [1.54, 1.807) is 0 Å². The Morgan fingerprint density at radius 3 is 3.00 bits per heavy atom. The fourth-order valence-corrected chi connectivity index (χ4v) is 3.35. The Morgan fingerprint density at radius 1 is 1.39 bits per heavy atom. The van der Waals surface area contributed by atoms with Gasteiger partial charge in [-0.05, 0) is 43.0 Å². The third-order valence-corrected chi connectivity index (χ3v) is 4.64. The van der Waals surface area contributed by atoms with Crippen molar-refractivity contribution < 1.29 is 9.59 Å². The van der Waals surface area contributed by atoms with Crippen molar-refractivity contribution in [2.24, 2.45) is 0 Å². The molecule has 1 fully saturated rings. The minimum absolute atomic E-state index is 0.0439. The van der Waals surface area contributed by atoms with Crippen molar-refractivity contribution in [2.45, 2.75) is 39.2 Å². The van der Waals surface area contributed by atoms with E-state index in [-0.39, 0.29) is 18.0 Å². The molecule has 0 radical (unpaired) electrons. The van der Waals surface area contributed by atoms with Crippen molar-refractivity contribution in [3.63, 3.8) is 0 Å². The zero-order chi connectivity index (χ0) is 16.4. The highest BCUT2D eigenvalue weighted by Crippen LogP contribution is 2.30. The number of carbonyl (C=O) groups is 2. The molecule has 6 heteroatoms. The molecule has 3 amide bonds. The van der Waals surface area contributed by atoms with E-state index in [1.807, 2.05) is 24.0 Å². The first-order chi connectivity index (χ1) is 11.1. The van der Waals surface area contributed by atoms with Crippen molar-refractivity contribution in [2.75, 3.05) is 30.3 Å². The molecule has 2 heterocycles. The molecule has 1 unspecified atom stereocenters. The number of nitrogens with one attached hydrogen (secondary N) is 3.